The Labute approximate surface area is 154 Å². The van der Waals surface area contributed by atoms with Gasteiger partial charge in [0.15, 0.2) is 6.04 Å². The molecule has 0 aliphatic carbocycles. The number of hydrogen-bond donors (Lipinski definition) is 2. The fourth-order valence-electron chi connectivity index (χ4n) is 3.02. The Kier molecular flexibility index (Phi) is 6.55. The summed E-state index contributed by atoms with van der Waals surface area (Å²) in [5.74, 6) is -0.857. The van der Waals surface area contributed by atoms with E-state index in [0.717, 1.165) is 23.5 Å². The number of benzene rings is 1. The van der Waals surface area contributed by atoms with Gasteiger partial charge >= 0.3 is 5.97 Å². The molecule has 0 aliphatic rings. The summed E-state index contributed by atoms with van der Waals surface area (Å²) < 4.78 is 1.98. The zero-order valence-corrected chi connectivity index (χ0v) is 15.8. The fourth-order valence-corrected chi connectivity index (χ4v) is 3.02. The van der Waals surface area contributed by atoms with E-state index in [1.165, 1.54) is 0 Å². The molecule has 1 aromatic carbocycles. The van der Waals surface area contributed by atoms with Gasteiger partial charge in [-0.1, -0.05) is 44.2 Å². The van der Waals surface area contributed by atoms with Gasteiger partial charge in [0, 0.05) is 18.7 Å². The van der Waals surface area contributed by atoms with Crippen molar-refractivity contribution in [3.8, 4) is 0 Å². The summed E-state index contributed by atoms with van der Waals surface area (Å²) in [5.41, 5.74) is 3.62. The van der Waals surface area contributed by atoms with Crippen LogP contribution in [0.2, 0.25) is 0 Å². The van der Waals surface area contributed by atoms with E-state index in [1.54, 1.807) is 24.3 Å². The highest BCUT2D eigenvalue weighted by Crippen LogP contribution is 2.17. The maximum atomic E-state index is 12.3. The van der Waals surface area contributed by atoms with E-state index >= 15 is 0 Å². The Hall–Kier alpha value is -2.63. The van der Waals surface area contributed by atoms with Crippen LogP contribution in [0.5, 0.6) is 0 Å². The minimum absolute atomic E-state index is 0.228. The standard InChI is InChI=1S/C20H27N3O3/c1-13(2)12-23-15(4)17(14(3)22-23)10-11-18(24)21-19(20(25)26)16-8-6-5-7-9-16/h5-9,13,19H,10-12H2,1-4H3,(H,21,24)(H,25,26)/t19-/m1/s1. The lowest BCUT2D eigenvalue weighted by Gasteiger charge is -2.15. The van der Waals surface area contributed by atoms with Gasteiger partial charge in [-0.15, -0.1) is 0 Å². The molecule has 0 spiro atoms. The highest BCUT2D eigenvalue weighted by atomic mass is 16.4. The Morgan fingerprint density at radius 2 is 1.85 bits per heavy atom. The van der Waals surface area contributed by atoms with Gasteiger partial charge in [-0.2, -0.15) is 5.10 Å². The lowest BCUT2D eigenvalue weighted by Crippen LogP contribution is -2.33. The molecule has 0 fully saturated rings. The fraction of sp³-hybridized carbons (Fsp3) is 0.450. The molecule has 2 N–H and O–H groups in total. The maximum absolute atomic E-state index is 12.3. The SMILES string of the molecule is Cc1nn(CC(C)C)c(C)c1CCC(=O)N[C@@H](C(=O)O)c1ccccc1. The van der Waals surface area contributed by atoms with Crippen molar-refractivity contribution in [2.75, 3.05) is 0 Å². The van der Waals surface area contributed by atoms with Crippen molar-refractivity contribution in [3.05, 3.63) is 52.8 Å². The van der Waals surface area contributed by atoms with Crippen molar-refractivity contribution >= 4 is 11.9 Å². The molecule has 2 aromatic rings. The number of aryl methyl sites for hydroxylation is 1. The van der Waals surface area contributed by atoms with Crippen LogP contribution in [0.3, 0.4) is 0 Å². The zero-order chi connectivity index (χ0) is 19.3. The van der Waals surface area contributed by atoms with Gasteiger partial charge in [0.2, 0.25) is 5.91 Å². The van der Waals surface area contributed by atoms with Crippen LogP contribution in [-0.2, 0) is 22.6 Å². The summed E-state index contributed by atoms with van der Waals surface area (Å²) in [6, 6.07) is 7.69. The van der Waals surface area contributed by atoms with E-state index in [0.29, 0.717) is 17.9 Å². The summed E-state index contributed by atoms with van der Waals surface area (Å²) in [5, 5.41) is 16.6. The Balaban J connectivity index is 2.02. The first-order chi connectivity index (χ1) is 12.3. The molecule has 1 amide bonds. The summed E-state index contributed by atoms with van der Waals surface area (Å²) in [6.07, 6.45) is 0.772. The van der Waals surface area contributed by atoms with Gasteiger partial charge in [-0.3, -0.25) is 9.48 Å². The molecule has 0 saturated carbocycles. The molecule has 1 heterocycles. The maximum Gasteiger partial charge on any atom is 0.330 e. The van der Waals surface area contributed by atoms with Crippen LogP contribution in [0.15, 0.2) is 30.3 Å². The summed E-state index contributed by atoms with van der Waals surface area (Å²) in [6.45, 7) is 9.08. The smallest absolute Gasteiger partial charge is 0.330 e. The molecule has 0 radical (unpaired) electrons. The number of carboxylic acids is 1. The second-order valence-electron chi connectivity index (χ2n) is 6.97. The Bertz CT molecular complexity index is 766. The van der Waals surface area contributed by atoms with E-state index in [4.69, 9.17) is 0 Å². The first kappa shape index (κ1) is 19.7. The Morgan fingerprint density at radius 1 is 1.19 bits per heavy atom. The topological polar surface area (TPSA) is 84.2 Å². The van der Waals surface area contributed by atoms with Crippen LogP contribution in [0.1, 0.15) is 48.8 Å². The summed E-state index contributed by atoms with van der Waals surface area (Å²) in [7, 11) is 0. The van der Waals surface area contributed by atoms with Crippen molar-refractivity contribution in [1.29, 1.82) is 0 Å². The molecule has 26 heavy (non-hydrogen) atoms. The van der Waals surface area contributed by atoms with Crippen molar-refractivity contribution in [2.45, 2.75) is 53.1 Å². The van der Waals surface area contributed by atoms with E-state index in [1.807, 2.05) is 24.6 Å². The van der Waals surface area contributed by atoms with Gasteiger partial charge < -0.3 is 10.4 Å². The molecule has 1 aromatic heterocycles. The third-order valence-electron chi connectivity index (χ3n) is 4.36. The van der Waals surface area contributed by atoms with E-state index < -0.39 is 12.0 Å². The van der Waals surface area contributed by atoms with Crippen molar-refractivity contribution in [3.63, 3.8) is 0 Å². The summed E-state index contributed by atoms with van der Waals surface area (Å²) >= 11 is 0. The predicted molar refractivity (Wildman–Crippen MR) is 99.8 cm³/mol. The second kappa shape index (κ2) is 8.65. The molecule has 1 atom stereocenters. The Morgan fingerprint density at radius 3 is 2.42 bits per heavy atom. The second-order valence-corrected chi connectivity index (χ2v) is 6.97. The van der Waals surface area contributed by atoms with E-state index in [-0.39, 0.29) is 12.3 Å². The number of nitrogens with zero attached hydrogens (tertiary/aromatic N) is 2. The number of nitrogens with one attached hydrogen (secondary N) is 1. The van der Waals surface area contributed by atoms with Gasteiger partial charge in [0.25, 0.3) is 0 Å². The number of carboxylic acid groups (broad SMARTS) is 1. The zero-order valence-electron chi connectivity index (χ0n) is 15.8. The van der Waals surface area contributed by atoms with E-state index in [9.17, 15) is 14.7 Å². The number of aromatic nitrogens is 2. The van der Waals surface area contributed by atoms with Crippen LogP contribution in [-0.4, -0.2) is 26.8 Å². The molecule has 2 rings (SSSR count). The van der Waals surface area contributed by atoms with Crippen molar-refractivity contribution in [2.24, 2.45) is 5.92 Å². The molecule has 6 heteroatoms. The minimum atomic E-state index is -1.07. The van der Waals surface area contributed by atoms with Crippen molar-refractivity contribution < 1.29 is 14.7 Å². The van der Waals surface area contributed by atoms with Gasteiger partial charge in [-0.25, -0.2) is 4.79 Å². The first-order valence-electron chi connectivity index (χ1n) is 8.89. The molecule has 0 bridgehead atoms. The number of carbonyl (C=O) groups excluding carboxylic acids is 1. The summed E-state index contributed by atoms with van der Waals surface area (Å²) in [4.78, 5) is 23.8. The third kappa shape index (κ3) is 4.94. The monoisotopic (exact) mass is 357 g/mol. The number of hydrogen-bond acceptors (Lipinski definition) is 3. The molecule has 0 saturated heterocycles. The highest BCUT2D eigenvalue weighted by Gasteiger charge is 2.22. The lowest BCUT2D eigenvalue weighted by molar-refractivity contribution is -0.142. The van der Waals surface area contributed by atoms with Gasteiger partial charge in [0.1, 0.15) is 0 Å². The third-order valence-corrected chi connectivity index (χ3v) is 4.36. The van der Waals surface area contributed by atoms with Gasteiger partial charge in [0.05, 0.1) is 5.69 Å². The first-order valence-corrected chi connectivity index (χ1v) is 8.89. The average molecular weight is 357 g/mol. The molecular formula is C20H27N3O3. The molecule has 6 nitrogen and oxygen atoms in total. The van der Waals surface area contributed by atoms with Crippen LogP contribution in [0.4, 0.5) is 0 Å². The molecular weight excluding hydrogens is 330 g/mol. The normalized spacial score (nSPS) is 12.2. The number of amides is 1. The molecule has 140 valence electrons. The molecule has 0 aliphatic heterocycles. The molecule has 0 unspecified atom stereocenters. The lowest BCUT2D eigenvalue weighted by atomic mass is 10.1. The van der Waals surface area contributed by atoms with Crippen LogP contribution < -0.4 is 5.32 Å². The van der Waals surface area contributed by atoms with Gasteiger partial charge in [-0.05, 0) is 37.3 Å². The predicted octanol–water partition coefficient (Wildman–Crippen LogP) is 3.03. The van der Waals surface area contributed by atoms with Crippen LogP contribution >= 0.6 is 0 Å². The number of rotatable bonds is 8. The van der Waals surface area contributed by atoms with E-state index in [2.05, 4.69) is 24.3 Å². The van der Waals surface area contributed by atoms with Crippen LogP contribution in [0.25, 0.3) is 0 Å². The number of aliphatic carboxylic acids is 1. The van der Waals surface area contributed by atoms with Crippen LogP contribution in [0, 0.1) is 19.8 Å². The average Bonchev–Trinajstić information content (AvgIpc) is 2.84. The number of carbonyl (C=O) groups is 2. The minimum Gasteiger partial charge on any atom is -0.479 e. The quantitative estimate of drug-likeness (QED) is 0.760. The highest BCUT2D eigenvalue weighted by molar-refractivity contribution is 5.84. The van der Waals surface area contributed by atoms with Crippen molar-refractivity contribution in [1.82, 2.24) is 15.1 Å². The largest absolute Gasteiger partial charge is 0.479 e.